The number of thiophene rings is 1. The first-order chi connectivity index (χ1) is 6.58. The predicted octanol–water partition coefficient (Wildman–Crippen LogP) is 3.95. The average Bonchev–Trinajstić information content (AvgIpc) is 2.47. The summed E-state index contributed by atoms with van der Waals surface area (Å²) in [5.41, 5.74) is 0. The Balaban J connectivity index is 2.30. The summed E-state index contributed by atoms with van der Waals surface area (Å²) in [6.45, 7) is 4.14. The van der Waals surface area contributed by atoms with Crippen LogP contribution in [-0.2, 0) is 11.2 Å². The van der Waals surface area contributed by atoms with Crippen molar-refractivity contribution in [2.75, 3.05) is 0 Å². The summed E-state index contributed by atoms with van der Waals surface area (Å²) in [4.78, 5) is 12.6. The monoisotopic (exact) mass is 230 g/mol. The Morgan fingerprint density at radius 1 is 1.50 bits per heavy atom. The third kappa shape index (κ3) is 4.25. The van der Waals surface area contributed by atoms with Gasteiger partial charge in [-0.3, -0.25) is 4.79 Å². The predicted molar refractivity (Wildman–Crippen MR) is 62.1 cm³/mol. The first-order valence-electron chi connectivity index (χ1n) is 4.84. The van der Waals surface area contributed by atoms with Crippen molar-refractivity contribution in [1.29, 1.82) is 0 Å². The molecule has 0 aliphatic heterocycles. The quantitative estimate of drug-likeness (QED) is 0.749. The fourth-order valence-corrected chi connectivity index (χ4v) is 2.39. The Kier molecular flexibility index (Phi) is 4.63. The highest BCUT2D eigenvalue weighted by molar-refractivity contribution is 7.16. The first kappa shape index (κ1) is 11.7. The van der Waals surface area contributed by atoms with E-state index in [1.807, 2.05) is 12.1 Å². The number of hydrogen-bond donors (Lipinski definition) is 0. The molecule has 1 aromatic heterocycles. The molecule has 0 aromatic carbocycles. The van der Waals surface area contributed by atoms with Gasteiger partial charge < -0.3 is 0 Å². The number of rotatable bonds is 5. The molecule has 0 bridgehead atoms. The second-order valence-electron chi connectivity index (χ2n) is 3.84. The van der Waals surface area contributed by atoms with Crippen molar-refractivity contribution in [3.63, 3.8) is 0 Å². The molecule has 14 heavy (non-hydrogen) atoms. The topological polar surface area (TPSA) is 17.1 Å². The molecule has 0 radical (unpaired) electrons. The lowest BCUT2D eigenvalue weighted by atomic mass is 10.0. The number of hydrogen-bond acceptors (Lipinski definition) is 2. The maximum Gasteiger partial charge on any atom is 0.133 e. The fourth-order valence-electron chi connectivity index (χ4n) is 1.31. The Morgan fingerprint density at radius 2 is 2.21 bits per heavy atom. The fraction of sp³-hybridized carbons (Fsp3) is 0.545. The van der Waals surface area contributed by atoms with Crippen molar-refractivity contribution in [3.05, 3.63) is 21.3 Å². The standard InChI is InChI=1S/C11H15ClOS/c1-8(2)7-9(13)3-4-10-5-6-11(12)14-10/h5-6,8H,3-4,7H2,1-2H3. The van der Waals surface area contributed by atoms with Gasteiger partial charge in [0.1, 0.15) is 5.78 Å². The third-order valence-corrected chi connectivity index (χ3v) is 3.21. The Labute approximate surface area is 94.1 Å². The van der Waals surface area contributed by atoms with Crippen molar-refractivity contribution >= 4 is 28.7 Å². The van der Waals surface area contributed by atoms with Crippen molar-refractivity contribution in [2.24, 2.45) is 5.92 Å². The molecule has 1 nitrogen and oxygen atoms in total. The summed E-state index contributed by atoms with van der Waals surface area (Å²) in [6, 6.07) is 3.88. The van der Waals surface area contributed by atoms with E-state index in [2.05, 4.69) is 13.8 Å². The van der Waals surface area contributed by atoms with Crippen LogP contribution in [0.2, 0.25) is 4.34 Å². The lowest BCUT2D eigenvalue weighted by Crippen LogP contribution is -2.03. The number of aryl methyl sites for hydroxylation is 1. The van der Waals surface area contributed by atoms with Crippen LogP contribution in [0.5, 0.6) is 0 Å². The van der Waals surface area contributed by atoms with Crippen LogP contribution < -0.4 is 0 Å². The van der Waals surface area contributed by atoms with Gasteiger partial charge in [0, 0.05) is 17.7 Å². The van der Waals surface area contributed by atoms with E-state index >= 15 is 0 Å². The van der Waals surface area contributed by atoms with Crippen LogP contribution in [0.4, 0.5) is 0 Å². The minimum Gasteiger partial charge on any atom is -0.300 e. The van der Waals surface area contributed by atoms with Crippen LogP contribution in [0, 0.1) is 5.92 Å². The highest BCUT2D eigenvalue weighted by Crippen LogP contribution is 2.22. The number of carbonyl (C=O) groups excluding carboxylic acids is 1. The molecule has 0 amide bonds. The third-order valence-electron chi connectivity index (χ3n) is 1.92. The van der Waals surface area contributed by atoms with Gasteiger partial charge in [-0.25, -0.2) is 0 Å². The molecular weight excluding hydrogens is 216 g/mol. The molecular formula is C11H15ClOS. The molecule has 78 valence electrons. The molecule has 0 aliphatic rings. The van der Waals surface area contributed by atoms with Crippen molar-refractivity contribution in [2.45, 2.75) is 33.1 Å². The van der Waals surface area contributed by atoms with E-state index in [9.17, 15) is 4.79 Å². The maximum atomic E-state index is 11.4. The molecule has 0 saturated heterocycles. The Bertz CT molecular complexity index is 304. The van der Waals surface area contributed by atoms with Gasteiger partial charge >= 0.3 is 0 Å². The van der Waals surface area contributed by atoms with E-state index in [4.69, 9.17) is 11.6 Å². The molecule has 3 heteroatoms. The molecule has 1 rings (SSSR count). The van der Waals surface area contributed by atoms with Gasteiger partial charge in [-0.05, 0) is 24.5 Å². The zero-order valence-corrected chi connectivity index (χ0v) is 10.1. The van der Waals surface area contributed by atoms with E-state index < -0.39 is 0 Å². The van der Waals surface area contributed by atoms with Crippen molar-refractivity contribution < 1.29 is 4.79 Å². The van der Waals surface area contributed by atoms with E-state index in [0.717, 1.165) is 10.8 Å². The summed E-state index contributed by atoms with van der Waals surface area (Å²) < 4.78 is 0.802. The molecule has 0 atom stereocenters. The minimum absolute atomic E-state index is 0.351. The normalized spacial score (nSPS) is 10.9. The Hall–Kier alpha value is -0.340. The zero-order chi connectivity index (χ0) is 10.6. The molecule has 0 fully saturated rings. The second kappa shape index (κ2) is 5.52. The lowest BCUT2D eigenvalue weighted by Gasteiger charge is -2.02. The Morgan fingerprint density at radius 3 is 2.71 bits per heavy atom. The van der Waals surface area contributed by atoms with E-state index in [0.29, 0.717) is 24.5 Å². The number of ketones is 1. The van der Waals surface area contributed by atoms with Crippen LogP contribution in [0.1, 0.15) is 31.6 Å². The second-order valence-corrected chi connectivity index (χ2v) is 5.64. The molecule has 1 heterocycles. The van der Waals surface area contributed by atoms with Gasteiger partial charge in [-0.1, -0.05) is 25.4 Å². The van der Waals surface area contributed by atoms with Gasteiger partial charge in [0.25, 0.3) is 0 Å². The van der Waals surface area contributed by atoms with E-state index in [1.165, 1.54) is 4.88 Å². The molecule has 0 saturated carbocycles. The summed E-state index contributed by atoms with van der Waals surface area (Å²) in [7, 11) is 0. The largest absolute Gasteiger partial charge is 0.300 e. The van der Waals surface area contributed by atoms with E-state index in [1.54, 1.807) is 11.3 Å². The van der Waals surface area contributed by atoms with Crippen molar-refractivity contribution in [3.8, 4) is 0 Å². The SMILES string of the molecule is CC(C)CC(=O)CCc1ccc(Cl)s1. The van der Waals surface area contributed by atoms with Crippen LogP contribution in [0.25, 0.3) is 0 Å². The number of Topliss-reactive ketones (excluding diaryl/α,β-unsaturated/α-hetero) is 1. The molecule has 0 N–H and O–H groups in total. The van der Waals surface area contributed by atoms with Crippen LogP contribution >= 0.6 is 22.9 Å². The molecule has 0 unspecified atom stereocenters. The first-order valence-corrected chi connectivity index (χ1v) is 6.03. The van der Waals surface area contributed by atoms with Crippen LogP contribution in [0.15, 0.2) is 12.1 Å². The summed E-state index contributed by atoms with van der Waals surface area (Å²) in [5, 5.41) is 0. The summed E-state index contributed by atoms with van der Waals surface area (Å²) in [5.74, 6) is 0.818. The van der Waals surface area contributed by atoms with Gasteiger partial charge in [0.15, 0.2) is 0 Å². The zero-order valence-electron chi connectivity index (χ0n) is 8.55. The number of halogens is 1. The molecule has 0 spiro atoms. The average molecular weight is 231 g/mol. The van der Waals surface area contributed by atoms with Crippen LogP contribution in [-0.4, -0.2) is 5.78 Å². The summed E-state index contributed by atoms with van der Waals surface area (Å²) in [6.07, 6.45) is 2.18. The minimum atomic E-state index is 0.351. The van der Waals surface area contributed by atoms with Gasteiger partial charge in [-0.15, -0.1) is 11.3 Å². The molecule has 1 aromatic rings. The summed E-state index contributed by atoms with van der Waals surface area (Å²) >= 11 is 7.36. The molecule has 0 aliphatic carbocycles. The highest BCUT2D eigenvalue weighted by atomic mass is 35.5. The smallest absolute Gasteiger partial charge is 0.133 e. The van der Waals surface area contributed by atoms with Gasteiger partial charge in [-0.2, -0.15) is 0 Å². The van der Waals surface area contributed by atoms with Gasteiger partial charge in [0.2, 0.25) is 0 Å². The number of carbonyl (C=O) groups is 1. The lowest BCUT2D eigenvalue weighted by molar-refractivity contribution is -0.119. The van der Waals surface area contributed by atoms with Gasteiger partial charge in [0.05, 0.1) is 4.34 Å². The van der Waals surface area contributed by atoms with E-state index in [-0.39, 0.29) is 0 Å². The van der Waals surface area contributed by atoms with Crippen LogP contribution in [0.3, 0.4) is 0 Å². The maximum absolute atomic E-state index is 11.4. The highest BCUT2D eigenvalue weighted by Gasteiger charge is 2.06. The van der Waals surface area contributed by atoms with Crippen molar-refractivity contribution in [1.82, 2.24) is 0 Å².